The molecule has 0 aliphatic carbocycles. The van der Waals surface area contributed by atoms with Gasteiger partial charge in [0.1, 0.15) is 41.0 Å². The summed E-state index contributed by atoms with van der Waals surface area (Å²) in [7, 11) is 1.52. The minimum Gasteiger partial charge on any atom is -0.461 e. The van der Waals surface area contributed by atoms with Gasteiger partial charge in [0.05, 0.1) is 34.1 Å². The smallest absolute Gasteiger partial charge is 0.417 e. The van der Waals surface area contributed by atoms with Gasteiger partial charge in [0.2, 0.25) is 0 Å². The maximum Gasteiger partial charge on any atom is 0.417 e. The number of rotatable bonds is 7. The summed E-state index contributed by atoms with van der Waals surface area (Å²) in [6, 6.07) is 5.64. The quantitative estimate of drug-likeness (QED) is 0.185. The third kappa shape index (κ3) is 5.17. The molecule has 0 bridgehead atoms. The van der Waals surface area contributed by atoms with Gasteiger partial charge in [-0.3, -0.25) is 4.90 Å². The van der Waals surface area contributed by atoms with E-state index in [1.54, 1.807) is 12.1 Å². The molecule has 5 aromatic rings. The molecule has 2 saturated heterocycles. The molecule has 5 heterocycles. The van der Waals surface area contributed by atoms with Crippen molar-refractivity contribution in [1.82, 2.24) is 20.0 Å². The maximum absolute atomic E-state index is 16.9. The first-order chi connectivity index (χ1) is 22.4. The molecule has 47 heavy (non-hydrogen) atoms. The van der Waals surface area contributed by atoms with Gasteiger partial charge in [-0.05, 0) is 37.1 Å². The Morgan fingerprint density at radius 1 is 1.26 bits per heavy atom. The highest BCUT2D eigenvalue weighted by Crippen LogP contribution is 2.48. The lowest BCUT2D eigenvalue weighted by Gasteiger charge is -2.31. The zero-order chi connectivity index (χ0) is 33.2. The predicted octanol–water partition coefficient (Wildman–Crippen LogP) is 6.84. The van der Waals surface area contributed by atoms with Crippen LogP contribution in [0, 0.1) is 23.0 Å². The number of nitrogen functional groups attached to an aromatic ring is 1. The van der Waals surface area contributed by atoms with Gasteiger partial charge in [0.15, 0.2) is 11.6 Å². The van der Waals surface area contributed by atoms with Gasteiger partial charge in [0.25, 0.3) is 0 Å². The molecule has 0 amide bonds. The summed E-state index contributed by atoms with van der Waals surface area (Å²) in [5.41, 5.74) is 1.83. The molecule has 2 fully saturated rings. The second kappa shape index (κ2) is 11.3. The highest BCUT2D eigenvalue weighted by molar-refractivity contribution is 7.23. The van der Waals surface area contributed by atoms with Crippen molar-refractivity contribution in [1.29, 1.82) is 5.26 Å². The molecule has 244 valence electrons. The second-order valence-corrected chi connectivity index (χ2v) is 12.8. The van der Waals surface area contributed by atoms with Gasteiger partial charge in [-0.2, -0.15) is 28.4 Å². The van der Waals surface area contributed by atoms with Crippen LogP contribution in [0.4, 0.5) is 37.2 Å². The summed E-state index contributed by atoms with van der Waals surface area (Å²) in [6.45, 7) is 0.929. The number of benzene rings is 2. The largest absolute Gasteiger partial charge is 0.461 e. The maximum atomic E-state index is 16.9. The summed E-state index contributed by atoms with van der Waals surface area (Å²) in [5.74, 6) is -1.96. The monoisotopic (exact) mass is 673 g/mol. The molecule has 2 unspecified atom stereocenters. The Morgan fingerprint density at radius 3 is 2.79 bits per heavy atom. The molecule has 3 aromatic heterocycles. The van der Waals surface area contributed by atoms with E-state index in [0.29, 0.717) is 30.1 Å². The van der Waals surface area contributed by atoms with Crippen LogP contribution in [0.3, 0.4) is 0 Å². The first-order valence-corrected chi connectivity index (χ1v) is 15.4. The topological polar surface area (TPSA) is 117 Å². The Balaban J connectivity index is 1.45. The minimum atomic E-state index is -5.11. The molecular formula is C31H25F6N7O2S. The van der Waals surface area contributed by atoms with Crippen molar-refractivity contribution in [3.63, 3.8) is 0 Å². The van der Waals surface area contributed by atoms with Gasteiger partial charge < -0.3 is 19.9 Å². The summed E-state index contributed by atoms with van der Waals surface area (Å²) in [4.78, 5) is 12.1. The van der Waals surface area contributed by atoms with E-state index < -0.39 is 46.2 Å². The Morgan fingerprint density at radius 2 is 2.06 bits per heavy atom. The predicted molar refractivity (Wildman–Crippen MR) is 162 cm³/mol. The van der Waals surface area contributed by atoms with Crippen molar-refractivity contribution >= 4 is 43.1 Å². The van der Waals surface area contributed by atoms with Crippen molar-refractivity contribution in [3.05, 3.63) is 59.0 Å². The Labute approximate surface area is 267 Å². The molecule has 2 atom stereocenters. The van der Waals surface area contributed by atoms with Crippen molar-refractivity contribution in [2.75, 3.05) is 37.4 Å². The highest BCUT2D eigenvalue weighted by Gasteiger charge is 2.49. The van der Waals surface area contributed by atoms with Crippen LogP contribution in [0.15, 0.2) is 35.0 Å². The zero-order valence-corrected chi connectivity index (χ0v) is 25.5. The third-order valence-electron chi connectivity index (χ3n) is 8.87. The second-order valence-electron chi connectivity index (χ2n) is 11.8. The first-order valence-electron chi connectivity index (χ1n) is 14.5. The van der Waals surface area contributed by atoms with Crippen LogP contribution in [0.25, 0.3) is 32.1 Å². The highest BCUT2D eigenvalue weighted by atomic mass is 32.1. The number of hydrogen-bond donors (Lipinski definition) is 1. The van der Waals surface area contributed by atoms with Crippen molar-refractivity contribution in [2.45, 2.75) is 43.7 Å². The normalized spacial score (nSPS) is 19.8. The van der Waals surface area contributed by atoms with E-state index in [1.165, 1.54) is 18.1 Å². The van der Waals surface area contributed by atoms with Crippen LogP contribution in [0.1, 0.15) is 36.1 Å². The average Bonchev–Trinajstić information content (AvgIpc) is 3.80. The molecule has 2 aliphatic heterocycles. The fraction of sp³-hybridized carbons (Fsp3) is 0.355. The van der Waals surface area contributed by atoms with Crippen LogP contribution in [0.5, 0.6) is 6.01 Å². The van der Waals surface area contributed by atoms with Crippen molar-refractivity contribution < 1.29 is 35.6 Å². The van der Waals surface area contributed by atoms with Gasteiger partial charge in [-0.25, -0.2) is 13.2 Å². The fourth-order valence-corrected chi connectivity index (χ4v) is 7.77. The Hall–Kier alpha value is -4.62. The number of nitrogens with two attached hydrogens (primary N) is 1. The number of nitriles is 1. The molecule has 9 nitrogen and oxygen atoms in total. The molecular weight excluding hydrogens is 648 g/mol. The van der Waals surface area contributed by atoms with E-state index in [0.717, 1.165) is 24.6 Å². The number of aromatic nitrogens is 3. The standard InChI is InChI=1S/C31H25F6N7O2S/c1-43(13-16-5-7-40-46-16)28-18-9-20(31(35,36)37)23(17-3-4-21(33)26-22(17)19(11-38)27(39)47-26)24(34)25(18)41-29(42-28)45-14-30-6-2-8-44(30)12-15(32)10-30/h3-5,7,9,15H,2,6,8,10,12-14,39H2,1H3. The SMILES string of the molecule is CN(Cc1ccno1)c1nc(OCC23CCCN2CC(F)C3)nc2c(F)c(-c3ccc(F)c4sc(N)c(C#N)c34)c(C(F)(F)F)cc12. The summed E-state index contributed by atoms with van der Waals surface area (Å²) in [6.07, 6.45) is -3.02. The van der Waals surface area contributed by atoms with Crippen LogP contribution >= 0.6 is 11.3 Å². The first kappa shape index (κ1) is 31.0. The van der Waals surface area contributed by atoms with E-state index in [-0.39, 0.29) is 69.5 Å². The number of nitrogens with zero attached hydrogens (tertiary/aromatic N) is 6. The van der Waals surface area contributed by atoms with Crippen LogP contribution in [-0.4, -0.2) is 58.5 Å². The number of thiophene rings is 1. The van der Waals surface area contributed by atoms with E-state index in [9.17, 15) is 27.2 Å². The summed E-state index contributed by atoms with van der Waals surface area (Å²) in [5, 5.41) is 12.8. The van der Waals surface area contributed by atoms with Crippen molar-refractivity contribution in [2.24, 2.45) is 0 Å². The average molecular weight is 674 g/mol. The number of hydrogen-bond acceptors (Lipinski definition) is 10. The van der Waals surface area contributed by atoms with E-state index in [4.69, 9.17) is 15.0 Å². The Kier molecular flexibility index (Phi) is 7.43. The van der Waals surface area contributed by atoms with E-state index >= 15 is 4.39 Å². The lowest BCUT2D eigenvalue weighted by Crippen LogP contribution is -2.43. The number of ether oxygens (including phenoxy) is 1. The third-order valence-corrected chi connectivity index (χ3v) is 9.90. The Bertz CT molecular complexity index is 2060. The van der Waals surface area contributed by atoms with E-state index in [2.05, 4.69) is 15.1 Å². The van der Waals surface area contributed by atoms with Gasteiger partial charge in [-0.15, -0.1) is 11.3 Å². The molecule has 0 radical (unpaired) electrons. The van der Waals surface area contributed by atoms with Crippen molar-refractivity contribution in [3.8, 4) is 23.2 Å². The minimum absolute atomic E-state index is 0.00415. The van der Waals surface area contributed by atoms with Crippen LogP contribution < -0.4 is 15.4 Å². The number of anilines is 2. The zero-order valence-electron chi connectivity index (χ0n) is 24.7. The molecule has 2 aliphatic rings. The number of fused-ring (bicyclic) bond motifs is 3. The molecule has 7 rings (SSSR count). The van der Waals surface area contributed by atoms with Gasteiger partial charge >= 0.3 is 12.2 Å². The number of halogens is 6. The van der Waals surface area contributed by atoms with Crippen LogP contribution in [-0.2, 0) is 12.7 Å². The molecule has 0 spiro atoms. The van der Waals surface area contributed by atoms with Crippen LogP contribution in [0.2, 0.25) is 0 Å². The summed E-state index contributed by atoms with van der Waals surface area (Å²) >= 11 is 0.677. The molecule has 16 heteroatoms. The van der Waals surface area contributed by atoms with Gasteiger partial charge in [0, 0.05) is 42.4 Å². The number of alkyl halides is 4. The fourth-order valence-electron chi connectivity index (χ4n) is 6.82. The molecule has 2 aromatic carbocycles. The van der Waals surface area contributed by atoms with E-state index in [1.807, 2.05) is 4.90 Å². The molecule has 2 N–H and O–H groups in total. The molecule has 0 saturated carbocycles. The lowest BCUT2D eigenvalue weighted by atomic mass is 9.92. The lowest BCUT2D eigenvalue weighted by molar-refractivity contribution is -0.137. The van der Waals surface area contributed by atoms with Gasteiger partial charge in [-0.1, -0.05) is 11.2 Å². The summed E-state index contributed by atoms with van der Waals surface area (Å²) < 4.78 is 102.